The predicted molar refractivity (Wildman–Crippen MR) is 79.7 cm³/mol. The molecular weight excluding hydrogens is 286 g/mol. The molecule has 0 saturated carbocycles. The van der Waals surface area contributed by atoms with Crippen molar-refractivity contribution < 1.29 is 13.9 Å². The summed E-state index contributed by atoms with van der Waals surface area (Å²) >= 11 is 0. The zero-order valence-corrected chi connectivity index (χ0v) is 12.6. The van der Waals surface area contributed by atoms with Crippen molar-refractivity contribution in [2.45, 2.75) is 25.9 Å². The minimum absolute atomic E-state index is 0.111. The number of nitrogens with one attached hydrogen (secondary N) is 1. The molecule has 1 amide bonds. The maximum absolute atomic E-state index is 12.2. The molecule has 0 aromatic carbocycles. The number of hydrogen-bond donors (Lipinski definition) is 1. The molecule has 7 nitrogen and oxygen atoms in total. The molecule has 22 heavy (non-hydrogen) atoms. The lowest BCUT2D eigenvalue weighted by atomic mass is 10.2. The molecule has 0 saturated heterocycles. The van der Waals surface area contributed by atoms with Crippen LogP contribution in [0.25, 0.3) is 0 Å². The largest absolute Gasteiger partial charge is 0.469 e. The van der Waals surface area contributed by atoms with Crippen molar-refractivity contribution in [3.8, 4) is 0 Å². The number of carbonyl (C=O) groups is 1. The fourth-order valence-electron chi connectivity index (χ4n) is 1.99. The van der Waals surface area contributed by atoms with Crippen LogP contribution in [0.5, 0.6) is 0 Å². The van der Waals surface area contributed by atoms with E-state index in [9.17, 15) is 9.59 Å². The highest BCUT2D eigenvalue weighted by Crippen LogP contribution is 2.04. The summed E-state index contributed by atoms with van der Waals surface area (Å²) in [5.74, 6) is 0.469. The molecule has 0 unspecified atom stereocenters. The standard InChI is InChI=1S/C15H19N3O4/c1-11(10-12-4-3-8-22-12)16-15(20)13-5-6-14(19)18(17-13)7-9-21-2/h3-6,8,11H,7,9-10H2,1-2H3,(H,16,20)/t11-/m0/s1. The molecule has 2 heterocycles. The van der Waals surface area contributed by atoms with E-state index in [0.29, 0.717) is 19.6 Å². The van der Waals surface area contributed by atoms with E-state index in [4.69, 9.17) is 9.15 Å². The van der Waals surface area contributed by atoms with Crippen molar-refractivity contribution in [2.24, 2.45) is 0 Å². The smallest absolute Gasteiger partial charge is 0.271 e. The second-order valence-electron chi connectivity index (χ2n) is 4.93. The highest BCUT2D eigenvalue weighted by Gasteiger charge is 2.14. The second kappa shape index (κ2) is 7.56. The van der Waals surface area contributed by atoms with Gasteiger partial charge in [0.25, 0.3) is 11.5 Å². The quantitative estimate of drug-likeness (QED) is 0.819. The molecule has 2 rings (SSSR count). The average molecular weight is 305 g/mol. The van der Waals surface area contributed by atoms with Gasteiger partial charge in [-0.1, -0.05) is 0 Å². The number of amides is 1. The maximum Gasteiger partial charge on any atom is 0.271 e. The van der Waals surface area contributed by atoms with Gasteiger partial charge in [-0.25, -0.2) is 4.68 Å². The molecule has 118 valence electrons. The Morgan fingerprint density at radius 2 is 2.27 bits per heavy atom. The van der Waals surface area contributed by atoms with Gasteiger partial charge in [-0.05, 0) is 25.1 Å². The van der Waals surface area contributed by atoms with E-state index in [1.807, 2.05) is 13.0 Å². The van der Waals surface area contributed by atoms with Crippen molar-refractivity contribution in [3.63, 3.8) is 0 Å². The molecule has 0 aliphatic carbocycles. The van der Waals surface area contributed by atoms with Gasteiger partial charge in [0.2, 0.25) is 0 Å². The van der Waals surface area contributed by atoms with Gasteiger partial charge in [0, 0.05) is 25.6 Å². The van der Waals surface area contributed by atoms with E-state index in [0.717, 1.165) is 5.76 Å². The predicted octanol–water partition coefficient (Wildman–Crippen LogP) is 0.844. The van der Waals surface area contributed by atoms with Crippen molar-refractivity contribution in [1.29, 1.82) is 0 Å². The van der Waals surface area contributed by atoms with Gasteiger partial charge in [-0.3, -0.25) is 9.59 Å². The topological polar surface area (TPSA) is 86.4 Å². The van der Waals surface area contributed by atoms with E-state index >= 15 is 0 Å². The number of nitrogens with zero attached hydrogens (tertiary/aromatic N) is 2. The summed E-state index contributed by atoms with van der Waals surface area (Å²) < 4.78 is 11.4. The first-order valence-electron chi connectivity index (χ1n) is 7.00. The van der Waals surface area contributed by atoms with Gasteiger partial charge in [-0.2, -0.15) is 5.10 Å². The summed E-state index contributed by atoms with van der Waals surface area (Å²) in [4.78, 5) is 23.8. The summed E-state index contributed by atoms with van der Waals surface area (Å²) in [5, 5.41) is 6.88. The number of carbonyl (C=O) groups excluding carboxylic acids is 1. The average Bonchev–Trinajstić information content (AvgIpc) is 2.99. The van der Waals surface area contributed by atoms with Crippen LogP contribution in [0.2, 0.25) is 0 Å². The van der Waals surface area contributed by atoms with Crippen LogP contribution in [0, 0.1) is 0 Å². The monoisotopic (exact) mass is 305 g/mol. The molecule has 7 heteroatoms. The van der Waals surface area contributed by atoms with Crippen LogP contribution in [-0.4, -0.2) is 35.4 Å². The van der Waals surface area contributed by atoms with Crippen molar-refractivity contribution in [1.82, 2.24) is 15.1 Å². The Morgan fingerprint density at radius 3 is 2.95 bits per heavy atom. The fraction of sp³-hybridized carbons (Fsp3) is 0.400. The normalized spacial score (nSPS) is 12.1. The van der Waals surface area contributed by atoms with Gasteiger partial charge in [-0.15, -0.1) is 0 Å². The number of aromatic nitrogens is 2. The summed E-state index contributed by atoms with van der Waals surface area (Å²) in [6, 6.07) is 6.29. The molecular formula is C15H19N3O4. The zero-order chi connectivity index (χ0) is 15.9. The van der Waals surface area contributed by atoms with E-state index < -0.39 is 0 Å². The number of hydrogen-bond acceptors (Lipinski definition) is 5. The van der Waals surface area contributed by atoms with E-state index in [-0.39, 0.29) is 23.2 Å². The summed E-state index contributed by atoms with van der Waals surface area (Å²) in [5.41, 5.74) is -0.0702. The fourth-order valence-corrected chi connectivity index (χ4v) is 1.99. The minimum atomic E-state index is -0.328. The van der Waals surface area contributed by atoms with Gasteiger partial charge in [0.1, 0.15) is 11.5 Å². The molecule has 0 aliphatic rings. The molecule has 0 fully saturated rings. The van der Waals surface area contributed by atoms with Crippen molar-refractivity contribution in [3.05, 3.63) is 52.3 Å². The number of methoxy groups -OCH3 is 1. The lowest BCUT2D eigenvalue weighted by Crippen LogP contribution is -2.36. The molecule has 2 aromatic heterocycles. The first-order chi connectivity index (χ1) is 10.6. The Morgan fingerprint density at radius 1 is 1.45 bits per heavy atom. The van der Waals surface area contributed by atoms with Gasteiger partial charge in [0.15, 0.2) is 0 Å². The molecule has 0 aliphatic heterocycles. The van der Waals surface area contributed by atoms with E-state index in [1.165, 1.54) is 23.9 Å². The van der Waals surface area contributed by atoms with Gasteiger partial charge >= 0.3 is 0 Å². The zero-order valence-electron chi connectivity index (χ0n) is 12.6. The third-order valence-corrected chi connectivity index (χ3v) is 3.07. The van der Waals surface area contributed by atoms with Crippen LogP contribution < -0.4 is 10.9 Å². The van der Waals surface area contributed by atoms with Crippen LogP contribution in [0.3, 0.4) is 0 Å². The summed E-state index contributed by atoms with van der Waals surface area (Å²) in [6.45, 7) is 2.53. The number of furan rings is 1. The van der Waals surface area contributed by atoms with Crippen LogP contribution in [0.15, 0.2) is 39.7 Å². The molecule has 0 radical (unpaired) electrons. The highest BCUT2D eigenvalue weighted by atomic mass is 16.5. The maximum atomic E-state index is 12.2. The molecule has 1 atom stereocenters. The van der Waals surface area contributed by atoms with Crippen LogP contribution in [0.4, 0.5) is 0 Å². The van der Waals surface area contributed by atoms with Crippen LogP contribution in [0.1, 0.15) is 23.2 Å². The lowest BCUT2D eigenvalue weighted by Gasteiger charge is -2.12. The van der Waals surface area contributed by atoms with E-state index in [1.54, 1.807) is 12.3 Å². The lowest BCUT2D eigenvalue weighted by molar-refractivity contribution is 0.0930. The van der Waals surface area contributed by atoms with Crippen LogP contribution >= 0.6 is 0 Å². The summed E-state index contributed by atoms with van der Waals surface area (Å²) in [7, 11) is 1.54. The first-order valence-corrected chi connectivity index (χ1v) is 7.00. The summed E-state index contributed by atoms with van der Waals surface area (Å²) in [6.07, 6.45) is 2.18. The highest BCUT2D eigenvalue weighted by molar-refractivity contribution is 5.92. The third kappa shape index (κ3) is 4.29. The Labute approximate surface area is 127 Å². The van der Waals surface area contributed by atoms with Crippen molar-refractivity contribution in [2.75, 3.05) is 13.7 Å². The Hall–Kier alpha value is -2.41. The number of rotatable bonds is 7. The third-order valence-electron chi connectivity index (χ3n) is 3.07. The van der Waals surface area contributed by atoms with Gasteiger partial charge in [0.05, 0.1) is 19.4 Å². The Balaban J connectivity index is 2.01. The van der Waals surface area contributed by atoms with Gasteiger partial charge < -0.3 is 14.5 Å². The number of ether oxygens (including phenoxy) is 1. The molecule has 0 spiro atoms. The Bertz CT molecular complexity index is 664. The van der Waals surface area contributed by atoms with Crippen molar-refractivity contribution >= 4 is 5.91 Å². The Kier molecular flexibility index (Phi) is 5.48. The van der Waals surface area contributed by atoms with E-state index in [2.05, 4.69) is 10.4 Å². The molecule has 1 N–H and O–H groups in total. The minimum Gasteiger partial charge on any atom is -0.469 e. The first kappa shape index (κ1) is 16.0. The molecule has 0 bridgehead atoms. The van der Waals surface area contributed by atoms with Crippen LogP contribution in [-0.2, 0) is 17.7 Å². The molecule has 2 aromatic rings. The SMILES string of the molecule is COCCn1nc(C(=O)N[C@@H](C)Cc2ccco2)ccc1=O. The second-order valence-corrected chi connectivity index (χ2v) is 4.93.